The van der Waals surface area contributed by atoms with Gasteiger partial charge in [-0.1, -0.05) is 38.1 Å². The van der Waals surface area contributed by atoms with Gasteiger partial charge in [0.15, 0.2) is 0 Å². The maximum absolute atomic E-state index is 10.1. The van der Waals surface area contributed by atoms with Crippen molar-refractivity contribution in [2.75, 3.05) is 52.5 Å². The van der Waals surface area contributed by atoms with Crippen molar-refractivity contribution in [3.05, 3.63) is 58.6 Å². The molecule has 5 rings (SSSR count). The van der Waals surface area contributed by atoms with E-state index in [1.165, 1.54) is 0 Å². The van der Waals surface area contributed by atoms with Gasteiger partial charge in [-0.15, -0.1) is 0 Å². The third kappa shape index (κ3) is 16.3. The molecule has 0 aromatic heterocycles. The Morgan fingerprint density at radius 2 is 1.26 bits per heavy atom. The largest absolute Gasteiger partial charge is 0.491 e. The summed E-state index contributed by atoms with van der Waals surface area (Å²) >= 11 is 11.5. The summed E-state index contributed by atoms with van der Waals surface area (Å²) in [5.41, 5.74) is 0. The second kappa shape index (κ2) is 20.4. The molecule has 6 atom stereocenters. The van der Waals surface area contributed by atoms with E-state index in [2.05, 4.69) is 37.9 Å². The number of epoxide rings is 1. The van der Waals surface area contributed by atoms with E-state index in [9.17, 15) is 5.11 Å². The fourth-order valence-electron chi connectivity index (χ4n) is 4.37. The number of ether oxygens (including phenoxy) is 5. The maximum atomic E-state index is 10.1. The molecule has 3 aliphatic rings. The first kappa shape index (κ1) is 38.4. The van der Waals surface area contributed by atoms with Crippen LogP contribution in [0.5, 0.6) is 11.5 Å². The molecule has 0 bridgehead atoms. The fraction of sp³-hybridized carbons (Fsp3) is 0.625. The Morgan fingerprint density at radius 1 is 0.810 bits per heavy atom. The van der Waals surface area contributed by atoms with E-state index in [0.717, 1.165) is 49.3 Å². The van der Waals surface area contributed by atoms with Gasteiger partial charge in [-0.3, -0.25) is 4.90 Å². The van der Waals surface area contributed by atoms with Crippen LogP contribution in [0, 0.1) is 0 Å². The molecule has 10 heteroatoms. The minimum Gasteiger partial charge on any atom is -0.491 e. The van der Waals surface area contributed by atoms with Crippen LogP contribution < -0.4 is 14.8 Å². The van der Waals surface area contributed by atoms with Crippen LogP contribution in [-0.2, 0) is 14.2 Å². The summed E-state index contributed by atoms with van der Waals surface area (Å²) < 4.78 is 27.1. The third-order valence-electron chi connectivity index (χ3n) is 6.20. The minimum atomic E-state index is -0.511. The smallest absolute Gasteiger partial charge is 0.119 e. The molecule has 0 saturated carbocycles. The molecule has 0 aliphatic carbocycles. The molecule has 0 spiro atoms. The number of benzene rings is 2. The Kier molecular flexibility index (Phi) is 18.6. The van der Waals surface area contributed by atoms with E-state index in [0.29, 0.717) is 36.5 Å². The van der Waals surface area contributed by atoms with Gasteiger partial charge in [0.1, 0.15) is 36.9 Å². The average Bonchev–Trinajstić information content (AvgIpc) is 3.73. The van der Waals surface area contributed by atoms with Gasteiger partial charge in [0, 0.05) is 42.8 Å². The van der Waals surface area contributed by atoms with Crippen molar-refractivity contribution in [3.63, 3.8) is 0 Å². The zero-order valence-electron chi connectivity index (χ0n) is 23.9. The first-order chi connectivity index (χ1) is 19.2. The van der Waals surface area contributed by atoms with Crippen LogP contribution in [0.25, 0.3) is 0 Å². The molecule has 8 nitrogen and oxygen atoms in total. The lowest BCUT2D eigenvalue weighted by molar-refractivity contribution is -0.0786. The predicted octanol–water partition coefficient (Wildman–Crippen LogP) is 5.96. The zero-order valence-corrected chi connectivity index (χ0v) is 25.4. The lowest BCUT2D eigenvalue weighted by Gasteiger charge is -2.36. The van der Waals surface area contributed by atoms with Crippen molar-refractivity contribution in [1.29, 1.82) is 0 Å². The predicted molar refractivity (Wildman–Crippen MR) is 172 cm³/mol. The Balaban J connectivity index is 0.000000341. The summed E-state index contributed by atoms with van der Waals surface area (Å²) in [5.74, 6) is 1.56. The van der Waals surface area contributed by atoms with Crippen molar-refractivity contribution < 1.29 is 28.8 Å². The molecule has 3 saturated heterocycles. The van der Waals surface area contributed by atoms with Crippen LogP contribution >= 0.6 is 23.2 Å². The molecule has 3 heterocycles. The number of aliphatic hydroxyl groups is 1. The van der Waals surface area contributed by atoms with Gasteiger partial charge in [-0.05, 0) is 76.2 Å². The first-order valence-electron chi connectivity index (χ1n) is 14.0. The molecular formula is C32H52Cl2N2O6. The lowest BCUT2D eigenvalue weighted by atomic mass is 10.2. The number of halogens is 2. The third-order valence-corrected chi connectivity index (χ3v) is 6.70. The highest BCUT2D eigenvalue weighted by Crippen LogP contribution is 2.18. The Bertz CT molecular complexity index is 946. The number of hydrogen-bond acceptors (Lipinski definition) is 8. The van der Waals surface area contributed by atoms with E-state index in [1.54, 1.807) is 24.3 Å². The number of rotatable bonds is 8. The average molecular weight is 632 g/mol. The van der Waals surface area contributed by atoms with E-state index < -0.39 is 6.10 Å². The van der Waals surface area contributed by atoms with Gasteiger partial charge in [0.05, 0.1) is 31.0 Å². The molecule has 2 aromatic carbocycles. The number of nitrogens with one attached hydrogen (secondary N) is 1. The van der Waals surface area contributed by atoms with Gasteiger partial charge in [0.2, 0.25) is 0 Å². The van der Waals surface area contributed by atoms with Crippen molar-refractivity contribution in [1.82, 2.24) is 10.2 Å². The number of morpholine rings is 2. The lowest BCUT2D eigenvalue weighted by Crippen LogP contribution is -2.48. The monoisotopic (exact) mass is 630 g/mol. The number of nitrogens with zero attached hydrogens (tertiary/aromatic N) is 1. The fourth-order valence-corrected chi connectivity index (χ4v) is 4.63. The van der Waals surface area contributed by atoms with E-state index in [-0.39, 0.29) is 33.7 Å². The first-order valence-corrected chi connectivity index (χ1v) is 14.7. The Labute approximate surface area is 263 Å². The highest BCUT2D eigenvalue weighted by Gasteiger charge is 2.24. The second-order valence-electron chi connectivity index (χ2n) is 10.5. The van der Waals surface area contributed by atoms with Gasteiger partial charge >= 0.3 is 0 Å². The molecule has 0 radical (unpaired) electrons. The van der Waals surface area contributed by atoms with E-state index in [1.807, 2.05) is 24.3 Å². The van der Waals surface area contributed by atoms with E-state index in [4.69, 9.17) is 46.9 Å². The van der Waals surface area contributed by atoms with Gasteiger partial charge < -0.3 is 34.1 Å². The van der Waals surface area contributed by atoms with E-state index >= 15 is 0 Å². The van der Waals surface area contributed by atoms with Crippen molar-refractivity contribution in [2.45, 2.75) is 79.2 Å². The summed E-state index contributed by atoms with van der Waals surface area (Å²) in [4.78, 5) is 2.22. The quantitative estimate of drug-likeness (QED) is 0.346. The number of aliphatic hydroxyl groups excluding tert-OH is 1. The van der Waals surface area contributed by atoms with Gasteiger partial charge in [-0.2, -0.15) is 0 Å². The molecule has 3 aliphatic heterocycles. The number of β-amino-alcohol motifs (C(OH)–C–C–N with tert-alkyl or cyclic N) is 1. The zero-order chi connectivity index (χ0) is 28.9. The summed E-state index contributed by atoms with van der Waals surface area (Å²) in [6, 6.07) is 14.5. The normalized spacial score (nSPS) is 25.5. The topological polar surface area (TPSA) is 85.0 Å². The number of hydrogen-bond donors (Lipinski definition) is 2. The van der Waals surface area contributed by atoms with Crippen molar-refractivity contribution in [2.24, 2.45) is 0 Å². The minimum absolute atomic E-state index is 0. The van der Waals surface area contributed by atoms with Crippen LogP contribution in [-0.4, -0.2) is 99.2 Å². The summed E-state index contributed by atoms with van der Waals surface area (Å²) in [7, 11) is 0. The highest BCUT2D eigenvalue weighted by molar-refractivity contribution is 6.30. The highest BCUT2D eigenvalue weighted by atomic mass is 35.5. The molecule has 2 aromatic rings. The standard InChI is InChI=1S/C15H22ClNO3.C9H9ClO2.C6H13NO.2CH4/c1-11-7-17(8-12(2)20-11)9-14(18)10-19-15-5-3-13(16)4-6-15;10-7-1-3-8(4-2-7)11-5-9-6-12-9;1-5-3-7-4-6(2)8-5;;/h3-6,11-12,14,18H,7-10H2,1-2H3;1-4,9H,5-6H2;5-7H,3-4H2,1-2H3;2*1H4. The van der Waals surface area contributed by atoms with Crippen LogP contribution in [0.1, 0.15) is 42.5 Å². The maximum Gasteiger partial charge on any atom is 0.119 e. The molecule has 0 amide bonds. The molecule has 2 N–H and O–H groups in total. The Hall–Kier alpha value is -1.62. The summed E-state index contributed by atoms with van der Waals surface area (Å²) in [6.07, 6.45) is 1.02. The van der Waals surface area contributed by atoms with Crippen molar-refractivity contribution >= 4 is 23.2 Å². The summed E-state index contributed by atoms with van der Waals surface area (Å²) in [5, 5.41) is 14.7. The van der Waals surface area contributed by atoms with Crippen LogP contribution in [0.2, 0.25) is 10.0 Å². The van der Waals surface area contributed by atoms with Crippen LogP contribution in [0.15, 0.2) is 48.5 Å². The SMILES string of the molecule is C.C.CC1CN(CC(O)COc2ccc(Cl)cc2)CC(C)O1.CC1CNCC(C)O1.Clc1ccc(OCC2CO2)cc1. The second-order valence-corrected chi connectivity index (χ2v) is 11.4. The molecular weight excluding hydrogens is 579 g/mol. The molecule has 3 fully saturated rings. The molecule has 42 heavy (non-hydrogen) atoms. The molecule has 6 unspecified atom stereocenters. The van der Waals surface area contributed by atoms with Gasteiger partial charge in [0.25, 0.3) is 0 Å². The van der Waals surface area contributed by atoms with Gasteiger partial charge in [-0.25, -0.2) is 0 Å². The van der Waals surface area contributed by atoms with Crippen molar-refractivity contribution in [3.8, 4) is 11.5 Å². The van der Waals surface area contributed by atoms with Crippen LogP contribution in [0.3, 0.4) is 0 Å². The molecule has 240 valence electrons. The summed E-state index contributed by atoms with van der Waals surface area (Å²) in [6.45, 7) is 14.3. The van der Waals surface area contributed by atoms with Crippen LogP contribution in [0.4, 0.5) is 0 Å². The Morgan fingerprint density at radius 3 is 1.69 bits per heavy atom.